The van der Waals surface area contributed by atoms with Crippen molar-refractivity contribution < 1.29 is 4.79 Å². The van der Waals surface area contributed by atoms with E-state index >= 15 is 0 Å². The van der Waals surface area contributed by atoms with Gasteiger partial charge >= 0.3 is 0 Å². The molecule has 1 atom stereocenters. The molecule has 2 heterocycles. The number of fused-ring (bicyclic) bond motifs is 1. The predicted molar refractivity (Wildman–Crippen MR) is 117 cm³/mol. The first-order chi connectivity index (χ1) is 13.9. The van der Waals surface area contributed by atoms with Gasteiger partial charge in [0.15, 0.2) is 5.16 Å². The van der Waals surface area contributed by atoms with Crippen molar-refractivity contribution >= 4 is 35.1 Å². The lowest BCUT2D eigenvalue weighted by Gasteiger charge is -2.27. The van der Waals surface area contributed by atoms with Crippen LogP contribution in [0.4, 0.5) is 5.82 Å². The number of hydrogen-bond donors (Lipinski definition) is 1. The van der Waals surface area contributed by atoms with Gasteiger partial charge in [-0.25, -0.2) is 0 Å². The minimum absolute atomic E-state index is 0.126. The van der Waals surface area contributed by atoms with Crippen LogP contribution >= 0.6 is 23.4 Å². The summed E-state index contributed by atoms with van der Waals surface area (Å²) < 4.78 is 1.80. The van der Waals surface area contributed by atoms with Crippen molar-refractivity contribution in [3.63, 3.8) is 0 Å². The molecule has 0 saturated carbocycles. The maximum Gasteiger partial charge on any atom is 0.279 e. The highest BCUT2D eigenvalue weighted by Gasteiger charge is 2.32. The number of carbonyl (C=O) groups is 1. The molecule has 0 fully saturated rings. The van der Waals surface area contributed by atoms with Crippen LogP contribution in [0.25, 0.3) is 0 Å². The van der Waals surface area contributed by atoms with Gasteiger partial charge in [-0.05, 0) is 35.7 Å². The second-order valence-corrected chi connectivity index (χ2v) is 8.47. The van der Waals surface area contributed by atoms with Crippen molar-refractivity contribution in [3.8, 4) is 0 Å². The number of amides is 1. The molecule has 1 unspecified atom stereocenters. The summed E-state index contributed by atoms with van der Waals surface area (Å²) in [5.41, 5.74) is 3.42. The largest absolute Gasteiger partial charge is 0.312 e. The monoisotopic (exact) mass is 425 g/mol. The Balaban J connectivity index is 1.73. The Kier molecular flexibility index (Phi) is 5.48. The zero-order valence-corrected chi connectivity index (χ0v) is 17.7. The van der Waals surface area contributed by atoms with Crippen LogP contribution in [-0.4, -0.2) is 15.5 Å². The number of carbonyl (C=O) groups excluding carboxylic acids is 1. The number of benzene rings is 2. The van der Waals surface area contributed by atoms with Crippen LogP contribution in [0.2, 0.25) is 5.02 Å². The number of rotatable bonds is 4. The van der Waals surface area contributed by atoms with Gasteiger partial charge in [0.1, 0.15) is 5.82 Å². The van der Waals surface area contributed by atoms with E-state index in [0.717, 1.165) is 5.56 Å². The molecule has 0 saturated heterocycles. The third kappa shape index (κ3) is 3.95. The van der Waals surface area contributed by atoms with Crippen molar-refractivity contribution in [1.82, 2.24) is 9.55 Å². The number of aromatic nitrogens is 2. The molecule has 0 bridgehead atoms. The summed E-state index contributed by atoms with van der Waals surface area (Å²) >= 11 is 7.61. The SMILES string of the molecule is Cc1ccccc1CSc1nc(=O)c2c(n1C)NC(=O)CC2c1cccc(Cl)c1. The molecule has 7 heteroatoms. The minimum Gasteiger partial charge on any atom is -0.312 e. The van der Waals surface area contributed by atoms with E-state index in [1.54, 1.807) is 16.7 Å². The first-order valence-corrected chi connectivity index (χ1v) is 10.6. The predicted octanol–water partition coefficient (Wildman–Crippen LogP) is 4.51. The Morgan fingerprint density at radius 3 is 2.76 bits per heavy atom. The zero-order chi connectivity index (χ0) is 20.5. The topological polar surface area (TPSA) is 64.0 Å². The Morgan fingerprint density at radius 2 is 2.00 bits per heavy atom. The second-order valence-electron chi connectivity index (χ2n) is 7.10. The molecule has 1 amide bonds. The summed E-state index contributed by atoms with van der Waals surface area (Å²) in [4.78, 5) is 29.7. The van der Waals surface area contributed by atoms with Gasteiger partial charge in [0.05, 0.1) is 5.56 Å². The summed E-state index contributed by atoms with van der Waals surface area (Å²) in [6.07, 6.45) is 0.194. The fourth-order valence-electron chi connectivity index (χ4n) is 3.59. The van der Waals surface area contributed by atoms with Crippen LogP contribution in [0.1, 0.15) is 34.6 Å². The highest BCUT2D eigenvalue weighted by molar-refractivity contribution is 7.98. The van der Waals surface area contributed by atoms with Crippen molar-refractivity contribution in [1.29, 1.82) is 0 Å². The summed E-state index contributed by atoms with van der Waals surface area (Å²) in [6.45, 7) is 2.06. The van der Waals surface area contributed by atoms with Crippen LogP contribution in [0.15, 0.2) is 58.5 Å². The van der Waals surface area contributed by atoms with Gasteiger partial charge in [-0.3, -0.25) is 9.59 Å². The lowest BCUT2D eigenvalue weighted by molar-refractivity contribution is -0.116. The summed E-state index contributed by atoms with van der Waals surface area (Å²) in [6, 6.07) is 15.4. The van der Waals surface area contributed by atoms with Crippen molar-refractivity contribution in [2.24, 2.45) is 7.05 Å². The van der Waals surface area contributed by atoms with Crippen LogP contribution < -0.4 is 10.9 Å². The lowest BCUT2D eigenvalue weighted by atomic mass is 9.87. The summed E-state index contributed by atoms with van der Waals surface area (Å²) in [5.74, 6) is 0.716. The molecule has 1 aromatic heterocycles. The van der Waals surface area contributed by atoms with E-state index in [1.807, 2.05) is 31.3 Å². The molecule has 1 aliphatic rings. The van der Waals surface area contributed by atoms with E-state index in [2.05, 4.69) is 29.4 Å². The maximum atomic E-state index is 13.0. The normalized spacial score (nSPS) is 15.7. The molecule has 4 rings (SSSR count). The van der Waals surface area contributed by atoms with E-state index in [4.69, 9.17) is 11.6 Å². The number of thioether (sulfide) groups is 1. The lowest BCUT2D eigenvalue weighted by Crippen LogP contribution is -2.33. The third-order valence-corrected chi connectivity index (χ3v) is 6.48. The average Bonchev–Trinajstić information content (AvgIpc) is 2.70. The molecule has 1 aliphatic heterocycles. The molecule has 5 nitrogen and oxygen atoms in total. The number of aryl methyl sites for hydroxylation is 1. The quantitative estimate of drug-likeness (QED) is 0.493. The number of halogens is 1. The van der Waals surface area contributed by atoms with E-state index < -0.39 is 0 Å². The molecule has 148 valence electrons. The van der Waals surface area contributed by atoms with Crippen LogP contribution in [0.5, 0.6) is 0 Å². The van der Waals surface area contributed by atoms with E-state index in [9.17, 15) is 9.59 Å². The summed E-state index contributed by atoms with van der Waals surface area (Å²) in [5, 5.41) is 4.02. The molecule has 1 N–H and O–H groups in total. The third-order valence-electron chi connectivity index (χ3n) is 5.17. The van der Waals surface area contributed by atoms with Crippen molar-refractivity contribution in [2.75, 3.05) is 5.32 Å². The van der Waals surface area contributed by atoms with Crippen molar-refractivity contribution in [2.45, 2.75) is 30.2 Å². The van der Waals surface area contributed by atoms with E-state index in [1.165, 1.54) is 22.9 Å². The smallest absolute Gasteiger partial charge is 0.279 e. The van der Waals surface area contributed by atoms with Gasteiger partial charge in [-0.15, -0.1) is 0 Å². The first kappa shape index (κ1) is 19.7. The van der Waals surface area contributed by atoms with Gasteiger partial charge in [0, 0.05) is 30.2 Å². The van der Waals surface area contributed by atoms with Gasteiger partial charge in [0.2, 0.25) is 5.91 Å². The molecular weight excluding hydrogens is 406 g/mol. The highest BCUT2D eigenvalue weighted by Crippen LogP contribution is 2.36. The van der Waals surface area contributed by atoms with E-state index in [0.29, 0.717) is 27.3 Å². The molecule has 0 spiro atoms. The zero-order valence-electron chi connectivity index (χ0n) is 16.1. The second kappa shape index (κ2) is 8.05. The van der Waals surface area contributed by atoms with Gasteiger partial charge in [0.25, 0.3) is 5.56 Å². The number of hydrogen-bond acceptors (Lipinski definition) is 4. The Labute approximate surface area is 178 Å². The van der Waals surface area contributed by atoms with Crippen molar-refractivity contribution in [3.05, 3.63) is 86.2 Å². The maximum absolute atomic E-state index is 13.0. The standard InChI is InChI=1S/C22H20ClN3O2S/c1-13-6-3-4-7-15(13)12-29-22-25-21(28)19-17(14-8-5-9-16(23)10-14)11-18(27)24-20(19)26(22)2/h3-10,17H,11-12H2,1-2H3,(H,24,27). The number of nitrogens with zero attached hydrogens (tertiary/aromatic N) is 2. The molecule has 0 aliphatic carbocycles. The highest BCUT2D eigenvalue weighted by atomic mass is 35.5. The number of nitrogens with one attached hydrogen (secondary N) is 1. The minimum atomic E-state index is -0.362. The average molecular weight is 426 g/mol. The van der Waals surface area contributed by atoms with Crippen LogP contribution in [-0.2, 0) is 17.6 Å². The molecule has 0 radical (unpaired) electrons. The molecule has 2 aromatic carbocycles. The fraction of sp³-hybridized carbons (Fsp3) is 0.227. The molecule has 29 heavy (non-hydrogen) atoms. The van der Waals surface area contributed by atoms with Crippen LogP contribution in [0.3, 0.4) is 0 Å². The van der Waals surface area contributed by atoms with Gasteiger partial charge in [-0.2, -0.15) is 4.98 Å². The Hall–Kier alpha value is -2.57. The first-order valence-electron chi connectivity index (χ1n) is 9.27. The molecule has 3 aromatic rings. The fourth-order valence-corrected chi connectivity index (χ4v) is 4.83. The molecular formula is C22H20ClN3O2S. The van der Waals surface area contributed by atoms with E-state index in [-0.39, 0.29) is 23.8 Å². The van der Waals surface area contributed by atoms with Gasteiger partial charge in [-0.1, -0.05) is 59.8 Å². The van der Waals surface area contributed by atoms with Gasteiger partial charge < -0.3 is 9.88 Å². The Bertz CT molecular complexity index is 1160. The summed E-state index contributed by atoms with van der Waals surface area (Å²) in [7, 11) is 1.83. The van der Waals surface area contributed by atoms with Crippen LogP contribution in [0, 0.1) is 6.92 Å². The Morgan fingerprint density at radius 1 is 1.21 bits per heavy atom. The number of anilines is 1.